The van der Waals surface area contributed by atoms with Gasteiger partial charge in [-0.2, -0.15) is 0 Å². The highest BCUT2D eigenvalue weighted by Gasteiger charge is 2.27. The lowest BCUT2D eigenvalue weighted by Crippen LogP contribution is -2.35. The number of rotatable bonds is 9. The predicted molar refractivity (Wildman–Crippen MR) is 124 cm³/mol. The summed E-state index contributed by atoms with van der Waals surface area (Å²) in [5.74, 6) is -0.583. The Balaban J connectivity index is 1.85. The van der Waals surface area contributed by atoms with Gasteiger partial charge in [0.15, 0.2) is 0 Å². The Hall–Kier alpha value is -2.41. The molecule has 2 amide bonds. The Morgan fingerprint density at radius 3 is 2.31 bits per heavy atom. The molecule has 32 heavy (non-hydrogen) atoms. The van der Waals surface area contributed by atoms with E-state index in [0.29, 0.717) is 23.6 Å². The first kappa shape index (κ1) is 24.2. The van der Waals surface area contributed by atoms with Gasteiger partial charge in [-0.25, -0.2) is 5.48 Å². The van der Waals surface area contributed by atoms with E-state index < -0.39 is 12.0 Å². The molecule has 3 rings (SSSR count). The van der Waals surface area contributed by atoms with E-state index in [1.54, 1.807) is 5.48 Å². The SMILES string of the molecule is CCO[C@H](CC(=O)NO)C(Cc1ccc(Cl)cc1)c1ccc(C(=O)N2CCCCC2)cc1. The van der Waals surface area contributed by atoms with Gasteiger partial charge in [-0.15, -0.1) is 0 Å². The molecule has 1 aliphatic rings. The van der Waals surface area contributed by atoms with Crippen LogP contribution in [0.5, 0.6) is 0 Å². The summed E-state index contributed by atoms with van der Waals surface area (Å²) in [5.41, 5.74) is 4.40. The smallest absolute Gasteiger partial charge is 0.253 e. The molecule has 6 nitrogen and oxygen atoms in total. The highest BCUT2D eigenvalue weighted by atomic mass is 35.5. The Labute approximate surface area is 194 Å². The van der Waals surface area contributed by atoms with Crippen molar-refractivity contribution in [3.8, 4) is 0 Å². The molecule has 2 aromatic carbocycles. The normalized spacial score (nSPS) is 15.8. The molecule has 2 atom stereocenters. The lowest BCUT2D eigenvalue weighted by Gasteiger charge is -2.28. The van der Waals surface area contributed by atoms with Crippen LogP contribution in [0.1, 0.15) is 60.0 Å². The lowest BCUT2D eigenvalue weighted by molar-refractivity contribution is -0.132. The number of ether oxygens (including phenoxy) is 1. The molecular weight excluding hydrogens is 428 g/mol. The topological polar surface area (TPSA) is 78.9 Å². The number of carbonyl (C=O) groups is 2. The third-order valence-corrected chi connectivity index (χ3v) is 6.19. The van der Waals surface area contributed by atoms with Crippen LogP contribution < -0.4 is 5.48 Å². The van der Waals surface area contributed by atoms with Crippen molar-refractivity contribution in [2.75, 3.05) is 19.7 Å². The summed E-state index contributed by atoms with van der Waals surface area (Å²) in [4.78, 5) is 26.7. The molecule has 0 saturated carbocycles. The van der Waals surface area contributed by atoms with Crippen molar-refractivity contribution >= 4 is 23.4 Å². The van der Waals surface area contributed by atoms with Gasteiger partial charge in [0.25, 0.3) is 5.91 Å². The summed E-state index contributed by atoms with van der Waals surface area (Å²) in [6, 6.07) is 15.2. The summed E-state index contributed by atoms with van der Waals surface area (Å²) in [6.45, 7) is 3.93. The van der Waals surface area contributed by atoms with E-state index in [0.717, 1.165) is 37.1 Å². The minimum Gasteiger partial charge on any atom is -0.377 e. The molecular formula is C25H31ClN2O4. The number of amides is 2. The van der Waals surface area contributed by atoms with Crippen LogP contribution in [0.15, 0.2) is 48.5 Å². The third kappa shape index (κ3) is 6.55. The van der Waals surface area contributed by atoms with Crippen LogP contribution in [0.2, 0.25) is 5.02 Å². The maximum Gasteiger partial charge on any atom is 0.253 e. The van der Waals surface area contributed by atoms with Crippen LogP contribution in [0.25, 0.3) is 0 Å². The fraction of sp³-hybridized carbons (Fsp3) is 0.440. The van der Waals surface area contributed by atoms with Crippen LogP contribution in [-0.4, -0.2) is 47.7 Å². The molecule has 0 aromatic heterocycles. The number of nitrogens with zero attached hydrogens (tertiary/aromatic N) is 1. The molecule has 1 aliphatic heterocycles. The Morgan fingerprint density at radius 2 is 1.72 bits per heavy atom. The second kappa shape index (κ2) is 12.0. The molecule has 172 valence electrons. The van der Waals surface area contributed by atoms with Crippen molar-refractivity contribution in [1.29, 1.82) is 0 Å². The number of hydrogen-bond donors (Lipinski definition) is 2. The van der Waals surface area contributed by atoms with E-state index in [1.807, 2.05) is 60.4 Å². The van der Waals surface area contributed by atoms with Gasteiger partial charge in [-0.05, 0) is 68.0 Å². The number of hydroxylamine groups is 1. The summed E-state index contributed by atoms with van der Waals surface area (Å²) >= 11 is 6.03. The maximum atomic E-state index is 12.8. The first-order valence-corrected chi connectivity index (χ1v) is 11.6. The Kier molecular flexibility index (Phi) is 9.09. The molecule has 1 fully saturated rings. The number of carbonyl (C=O) groups excluding carboxylic acids is 2. The zero-order valence-electron chi connectivity index (χ0n) is 18.4. The number of likely N-dealkylation sites (tertiary alicyclic amines) is 1. The second-order valence-electron chi connectivity index (χ2n) is 8.14. The third-order valence-electron chi connectivity index (χ3n) is 5.94. The molecule has 0 bridgehead atoms. The molecule has 0 spiro atoms. The number of hydrogen-bond acceptors (Lipinski definition) is 4. The summed E-state index contributed by atoms with van der Waals surface area (Å²) in [5, 5.41) is 9.69. The number of benzene rings is 2. The van der Waals surface area contributed by atoms with Crippen molar-refractivity contribution in [2.24, 2.45) is 0 Å². The van der Waals surface area contributed by atoms with E-state index >= 15 is 0 Å². The average Bonchev–Trinajstić information content (AvgIpc) is 2.83. The number of halogens is 1. The molecule has 0 aliphatic carbocycles. The molecule has 7 heteroatoms. The monoisotopic (exact) mass is 458 g/mol. The summed E-state index contributed by atoms with van der Waals surface area (Å²) < 4.78 is 5.93. The Bertz CT molecular complexity index is 880. The van der Waals surface area contributed by atoms with Crippen molar-refractivity contribution in [3.05, 3.63) is 70.2 Å². The lowest BCUT2D eigenvalue weighted by atomic mass is 9.85. The van der Waals surface area contributed by atoms with Crippen LogP contribution in [0.3, 0.4) is 0 Å². The van der Waals surface area contributed by atoms with E-state index in [1.165, 1.54) is 6.42 Å². The zero-order chi connectivity index (χ0) is 22.9. The summed E-state index contributed by atoms with van der Waals surface area (Å²) in [7, 11) is 0. The molecule has 1 heterocycles. The van der Waals surface area contributed by atoms with Gasteiger partial charge in [0.1, 0.15) is 0 Å². The molecule has 2 aromatic rings. The zero-order valence-corrected chi connectivity index (χ0v) is 19.2. The van der Waals surface area contributed by atoms with Crippen molar-refractivity contribution in [2.45, 2.75) is 51.0 Å². The minimum atomic E-state index is -0.499. The van der Waals surface area contributed by atoms with E-state index in [9.17, 15) is 9.59 Å². The largest absolute Gasteiger partial charge is 0.377 e. The second-order valence-corrected chi connectivity index (χ2v) is 8.58. The van der Waals surface area contributed by atoms with Gasteiger partial charge in [-0.3, -0.25) is 14.8 Å². The van der Waals surface area contributed by atoms with Crippen LogP contribution in [-0.2, 0) is 16.0 Å². The first-order chi connectivity index (χ1) is 15.5. The van der Waals surface area contributed by atoms with Gasteiger partial charge in [-0.1, -0.05) is 35.9 Å². The summed E-state index contributed by atoms with van der Waals surface area (Å²) in [6.07, 6.45) is 3.49. The quantitative estimate of drug-likeness (QED) is 0.425. The first-order valence-electron chi connectivity index (χ1n) is 11.2. The van der Waals surface area contributed by atoms with Gasteiger partial charge in [0, 0.05) is 36.2 Å². The molecule has 0 radical (unpaired) electrons. The maximum absolute atomic E-state index is 12.8. The van der Waals surface area contributed by atoms with Gasteiger partial charge in [0.05, 0.1) is 12.5 Å². The molecule has 1 saturated heterocycles. The van der Waals surface area contributed by atoms with E-state index in [-0.39, 0.29) is 18.2 Å². The number of piperidine rings is 1. The van der Waals surface area contributed by atoms with Crippen LogP contribution in [0, 0.1) is 0 Å². The number of nitrogens with one attached hydrogen (secondary N) is 1. The van der Waals surface area contributed by atoms with Crippen LogP contribution in [0.4, 0.5) is 0 Å². The van der Waals surface area contributed by atoms with Crippen molar-refractivity contribution < 1.29 is 19.5 Å². The fourth-order valence-electron chi connectivity index (χ4n) is 4.25. The standard InChI is InChI=1S/C25H31ClN2O4/c1-2-32-23(17-24(29)27-31)22(16-18-6-12-21(26)13-7-18)19-8-10-20(11-9-19)25(30)28-14-4-3-5-15-28/h6-13,22-23,31H,2-5,14-17H2,1H3,(H,27,29)/t22?,23-/m1/s1. The Morgan fingerprint density at radius 1 is 1.06 bits per heavy atom. The molecule has 2 N–H and O–H groups in total. The van der Waals surface area contributed by atoms with Gasteiger partial charge < -0.3 is 9.64 Å². The molecule has 1 unspecified atom stereocenters. The van der Waals surface area contributed by atoms with Gasteiger partial charge >= 0.3 is 0 Å². The van der Waals surface area contributed by atoms with E-state index in [2.05, 4.69) is 0 Å². The minimum absolute atomic E-state index is 0.0249. The predicted octanol–water partition coefficient (Wildman–Crippen LogP) is 4.59. The fourth-order valence-corrected chi connectivity index (χ4v) is 4.38. The van der Waals surface area contributed by atoms with E-state index in [4.69, 9.17) is 21.5 Å². The van der Waals surface area contributed by atoms with Crippen molar-refractivity contribution in [1.82, 2.24) is 10.4 Å². The van der Waals surface area contributed by atoms with Crippen LogP contribution >= 0.6 is 11.6 Å². The highest BCUT2D eigenvalue weighted by molar-refractivity contribution is 6.30. The highest BCUT2D eigenvalue weighted by Crippen LogP contribution is 2.30. The average molecular weight is 459 g/mol. The van der Waals surface area contributed by atoms with Crippen molar-refractivity contribution in [3.63, 3.8) is 0 Å². The van der Waals surface area contributed by atoms with Gasteiger partial charge in [0.2, 0.25) is 5.91 Å².